The lowest BCUT2D eigenvalue weighted by Crippen LogP contribution is -2.01. The van der Waals surface area contributed by atoms with Crippen molar-refractivity contribution in [2.24, 2.45) is 0 Å². The normalized spacial score (nSPS) is 12.7. The highest BCUT2D eigenvalue weighted by atomic mass is 79.9. The van der Waals surface area contributed by atoms with Crippen LogP contribution in [0.25, 0.3) is 11.0 Å². The molecule has 1 aromatic carbocycles. The molecule has 84 valence electrons. The molecule has 0 fully saturated rings. The monoisotopic (exact) mass is 282 g/mol. The van der Waals surface area contributed by atoms with Gasteiger partial charge in [-0.15, -0.1) is 0 Å². The van der Waals surface area contributed by atoms with Crippen molar-refractivity contribution in [3.05, 3.63) is 40.2 Å². The predicted molar refractivity (Wildman–Crippen MR) is 66.4 cm³/mol. The molecule has 1 aromatic heterocycles. The quantitative estimate of drug-likeness (QED) is 0.627. The maximum absolute atomic E-state index is 11.4. The molecule has 0 radical (unpaired) electrons. The van der Waals surface area contributed by atoms with Crippen LogP contribution in [0, 0.1) is 0 Å². The van der Waals surface area contributed by atoms with Crippen LogP contribution < -0.4 is 10.4 Å². The minimum atomic E-state index is -0.345. The second-order valence-corrected chi connectivity index (χ2v) is 4.87. The van der Waals surface area contributed by atoms with Gasteiger partial charge in [0.25, 0.3) is 0 Å². The van der Waals surface area contributed by atoms with E-state index in [0.717, 1.165) is 10.9 Å². The number of benzene rings is 1. The molecule has 0 bridgehead atoms. The topological polar surface area (TPSA) is 39.4 Å². The Hall–Kier alpha value is -1.29. The van der Waals surface area contributed by atoms with Crippen LogP contribution in [-0.4, -0.2) is 7.11 Å². The van der Waals surface area contributed by atoms with Gasteiger partial charge in [0.1, 0.15) is 11.3 Å². The Morgan fingerprint density at radius 3 is 2.75 bits per heavy atom. The Morgan fingerprint density at radius 2 is 2.12 bits per heavy atom. The third-order valence-corrected chi connectivity index (χ3v) is 2.91. The molecule has 0 saturated carbocycles. The Morgan fingerprint density at radius 1 is 1.38 bits per heavy atom. The van der Waals surface area contributed by atoms with Gasteiger partial charge >= 0.3 is 5.63 Å². The van der Waals surface area contributed by atoms with Crippen molar-refractivity contribution in [3.8, 4) is 5.75 Å². The van der Waals surface area contributed by atoms with E-state index in [1.807, 2.05) is 19.1 Å². The van der Waals surface area contributed by atoms with E-state index in [1.54, 1.807) is 13.2 Å². The average Bonchev–Trinajstić information content (AvgIpc) is 2.26. The average molecular weight is 283 g/mol. The third kappa shape index (κ3) is 1.97. The van der Waals surface area contributed by atoms with Crippen LogP contribution in [0.2, 0.25) is 0 Å². The summed E-state index contributed by atoms with van der Waals surface area (Å²) in [6.07, 6.45) is 0. The summed E-state index contributed by atoms with van der Waals surface area (Å²) < 4.78 is 10.2. The fraction of sp³-hybridized carbons (Fsp3) is 0.250. The van der Waals surface area contributed by atoms with Gasteiger partial charge in [0, 0.05) is 22.3 Å². The maximum atomic E-state index is 11.4. The number of rotatable bonds is 2. The second kappa shape index (κ2) is 4.29. The van der Waals surface area contributed by atoms with Gasteiger partial charge in [0.2, 0.25) is 0 Å². The largest absolute Gasteiger partial charge is 0.497 e. The number of methoxy groups -OCH3 is 1. The molecular formula is C12H11BrO3. The molecule has 0 aliphatic heterocycles. The van der Waals surface area contributed by atoms with E-state index in [-0.39, 0.29) is 10.5 Å². The number of ether oxygens (including phenoxy) is 1. The van der Waals surface area contributed by atoms with Crippen LogP contribution in [0.4, 0.5) is 0 Å². The van der Waals surface area contributed by atoms with Gasteiger partial charge in [-0.2, -0.15) is 0 Å². The molecule has 1 heterocycles. The zero-order valence-corrected chi connectivity index (χ0v) is 10.6. The minimum Gasteiger partial charge on any atom is -0.497 e. The Bertz CT molecular complexity index is 572. The van der Waals surface area contributed by atoms with Crippen LogP contribution in [0.15, 0.2) is 33.5 Å². The molecule has 1 atom stereocenters. The van der Waals surface area contributed by atoms with Crippen LogP contribution in [0.1, 0.15) is 17.3 Å². The molecule has 0 aliphatic carbocycles. The van der Waals surface area contributed by atoms with E-state index in [4.69, 9.17) is 9.15 Å². The summed E-state index contributed by atoms with van der Waals surface area (Å²) in [5.74, 6) is 0.676. The smallest absolute Gasteiger partial charge is 0.336 e. The number of alkyl halides is 1. The van der Waals surface area contributed by atoms with E-state index in [9.17, 15) is 4.79 Å². The van der Waals surface area contributed by atoms with Crippen molar-refractivity contribution < 1.29 is 9.15 Å². The highest BCUT2D eigenvalue weighted by molar-refractivity contribution is 9.09. The SMILES string of the molecule is COc1ccc2c(C(C)Br)cc(=O)oc2c1. The summed E-state index contributed by atoms with van der Waals surface area (Å²) >= 11 is 3.46. The van der Waals surface area contributed by atoms with E-state index >= 15 is 0 Å². The zero-order valence-electron chi connectivity index (χ0n) is 8.99. The molecule has 2 rings (SSSR count). The van der Waals surface area contributed by atoms with Gasteiger partial charge in [-0.1, -0.05) is 15.9 Å². The van der Waals surface area contributed by atoms with E-state index < -0.39 is 0 Å². The standard InChI is InChI=1S/C12H11BrO3/c1-7(13)10-6-12(14)16-11-5-8(15-2)3-4-9(10)11/h3-7H,1-2H3. The summed E-state index contributed by atoms with van der Waals surface area (Å²) in [6.45, 7) is 1.97. The Kier molecular flexibility index (Phi) is 3.01. The summed E-state index contributed by atoms with van der Waals surface area (Å²) in [5.41, 5.74) is 1.13. The van der Waals surface area contributed by atoms with E-state index in [2.05, 4.69) is 15.9 Å². The van der Waals surface area contributed by atoms with Crippen LogP contribution in [0.5, 0.6) is 5.75 Å². The van der Waals surface area contributed by atoms with Crippen LogP contribution in [0.3, 0.4) is 0 Å². The molecule has 0 saturated heterocycles. The molecule has 3 nitrogen and oxygen atoms in total. The summed E-state index contributed by atoms with van der Waals surface area (Å²) in [7, 11) is 1.58. The molecular weight excluding hydrogens is 272 g/mol. The number of hydrogen-bond donors (Lipinski definition) is 0. The highest BCUT2D eigenvalue weighted by Crippen LogP contribution is 2.29. The summed E-state index contributed by atoms with van der Waals surface area (Å²) in [5, 5.41) is 0.921. The first kappa shape index (κ1) is 11.2. The molecule has 16 heavy (non-hydrogen) atoms. The van der Waals surface area contributed by atoms with E-state index in [0.29, 0.717) is 11.3 Å². The third-order valence-electron chi connectivity index (χ3n) is 2.41. The second-order valence-electron chi connectivity index (χ2n) is 3.50. The van der Waals surface area contributed by atoms with Crippen molar-refractivity contribution in [1.82, 2.24) is 0 Å². The summed E-state index contributed by atoms with van der Waals surface area (Å²) in [6, 6.07) is 6.97. The molecule has 2 aromatic rings. The lowest BCUT2D eigenvalue weighted by atomic mass is 10.1. The molecule has 0 N–H and O–H groups in total. The van der Waals surface area contributed by atoms with Crippen LogP contribution in [-0.2, 0) is 0 Å². The fourth-order valence-electron chi connectivity index (χ4n) is 1.62. The first-order chi connectivity index (χ1) is 7.61. The van der Waals surface area contributed by atoms with Crippen molar-refractivity contribution in [2.45, 2.75) is 11.8 Å². The molecule has 0 aliphatic rings. The van der Waals surface area contributed by atoms with Crippen molar-refractivity contribution in [3.63, 3.8) is 0 Å². The Balaban J connectivity index is 2.78. The van der Waals surface area contributed by atoms with Gasteiger partial charge in [-0.05, 0) is 24.6 Å². The summed E-state index contributed by atoms with van der Waals surface area (Å²) in [4.78, 5) is 11.5. The van der Waals surface area contributed by atoms with E-state index in [1.165, 1.54) is 6.07 Å². The van der Waals surface area contributed by atoms with Crippen LogP contribution >= 0.6 is 15.9 Å². The minimum absolute atomic E-state index is 0.104. The van der Waals surface area contributed by atoms with Crippen molar-refractivity contribution in [2.75, 3.05) is 7.11 Å². The molecule has 0 spiro atoms. The lowest BCUT2D eigenvalue weighted by Gasteiger charge is -2.08. The first-order valence-corrected chi connectivity index (χ1v) is 5.79. The van der Waals surface area contributed by atoms with Gasteiger partial charge in [0.15, 0.2) is 0 Å². The molecule has 1 unspecified atom stereocenters. The van der Waals surface area contributed by atoms with Gasteiger partial charge in [-0.3, -0.25) is 0 Å². The number of fused-ring (bicyclic) bond motifs is 1. The number of halogens is 1. The lowest BCUT2D eigenvalue weighted by molar-refractivity contribution is 0.414. The maximum Gasteiger partial charge on any atom is 0.336 e. The number of hydrogen-bond acceptors (Lipinski definition) is 3. The zero-order chi connectivity index (χ0) is 11.7. The van der Waals surface area contributed by atoms with Gasteiger partial charge < -0.3 is 9.15 Å². The highest BCUT2D eigenvalue weighted by Gasteiger charge is 2.10. The van der Waals surface area contributed by atoms with Crippen molar-refractivity contribution >= 4 is 26.9 Å². The first-order valence-electron chi connectivity index (χ1n) is 4.87. The fourth-order valence-corrected chi connectivity index (χ4v) is 2.00. The Labute approximate surface area is 101 Å². The van der Waals surface area contributed by atoms with Gasteiger partial charge in [-0.25, -0.2) is 4.79 Å². The molecule has 4 heteroatoms. The van der Waals surface area contributed by atoms with Gasteiger partial charge in [0.05, 0.1) is 7.11 Å². The predicted octanol–water partition coefficient (Wildman–Crippen LogP) is 3.26. The molecule has 0 amide bonds. The van der Waals surface area contributed by atoms with Crippen molar-refractivity contribution in [1.29, 1.82) is 0 Å².